The number of aryl methyl sites for hydroxylation is 5. The molecule has 1 fully saturated rings. The summed E-state index contributed by atoms with van der Waals surface area (Å²) in [5.74, 6) is -0.110. The molecule has 0 aliphatic heterocycles. The van der Waals surface area contributed by atoms with E-state index in [0.29, 0.717) is 24.0 Å². The molecule has 1 aliphatic rings. The van der Waals surface area contributed by atoms with Crippen molar-refractivity contribution in [3.8, 4) is 0 Å². The van der Waals surface area contributed by atoms with Crippen molar-refractivity contribution < 1.29 is 14.2 Å². The van der Waals surface area contributed by atoms with Gasteiger partial charge in [-0.1, -0.05) is 55.2 Å². The summed E-state index contributed by atoms with van der Waals surface area (Å²) in [6.45, 7) is 16.1. The summed E-state index contributed by atoms with van der Waals surface area (Å²) >= 11 is 0. The van der Waals surface area contributed by atoms with E-state index in [2.05, 4.69) is 20.8 Å². The number of carbonyl (C=O) groups excluding carboxylic acids is 2. The molecular weight excluding hydrogens is 415 g/mol. The van der Waals surface area contributed by atoms with Crippen LogP contribution in [0.2, 0.25) is 0 Å². The van der Waals surface area contributed by atoms with Crippen molar-refractivity contribution in [1.29, 1.82) is 0 Å². The number of hydrogen-bond acceptors (Lipinski definition) is 3. The Kier molecular flexibility index (Phi) is 6.64. The summed E-state index contributed by atoms with van der Waals surface area (Å²) in [4.78, 5) is 27.6. The molecule has 2 aromatic rings. The second-order valence-electron chi connectivity index (χ2n) is 10.7. The van der Waals surface area contributed by atoms with E-state index in [4.69, 9.17) is 0 Å². The number of ketones is 1. The average molecular weight is 452 g/mol. The molecule has 2 aromatic carbocycles. The normalized spacial score (nSPS) is 16.2. The van der Waals surface area contributed by atoms with Crippen LogP contribution in [0, 0.1) is 34.6 Å². The lowest BCUT2D eigenvalue weighted by atomic mass is 9.84. The van der Waals surface area contributed by atoms with Crippen LogP contribution in [0.1, 0.15) is 101 Å². The second-order valence-corrected chi connectivity index (χ2v) is 12.5. The molecule has 0 amide bonds. The molecule has 1 saturated carbocycles. The van der Waals surface area contributed by atoms with Gasteiger partial charge in [0.2, 0.25) is 10.9 Å². The van der Waals surface area contributed by atoms with E-state index < -0.39 is 13.0 Å². The van der Waals surface area contributed by atoms with Gasteiger partial charge in [0, 0.05) is 18.4 Å². The molecule has 1 atom stereocenters. The van der Waals surface area contributed by atoms with E-state index >= 15 is 0 Å². The van der Waals surface area contributed by atoms with Gasteiger partial charge in [0.1, 0.15) is 0 Å². The SMILES string of the molecule is Cc1cc(C)c(C(=O)C2([P+](=O)C(=O)c3c(C)cc(C(C)(C)C)cc3C)CCCC2)c(C)c1. The molecule has 0 heterocycles. The highest BCUT2D eigenvalue weighted by Crippen LogP contribution is 2.54. The minimum Gasteiger partial charge on any atom is -0.289 e. The molecule has 0 aromatic heterocycles. The van der Waals surface area contributed by atoms with Gasteiger partial charge < -0.3 is 0 Å². The van der Waals surface area contributed by atoms with Gasteiger partial charge in [-0.2, -0.15) is 0 Å². The van der Waals surface area contributed by atoms with Crippen LogP contribution in [-0.4, -0.2) is 16.5 Å². The predicted molar refractivity (Wildman–Crippen MR) is 133 cm³/mol. The van der Waals surface area contributed by atoms with Crippen molar-refractivity contribution in [1.82, 2.24) is 0 Å². The smallest absolute Gasteiger partial charge is 0.289 e. The lowest BCUT2D eigenvalue weighted by Gasteiger charge is -2.22. The number of Topliss-reactive ketones (excluding diaryl/α,β-unsaturated/α-hetero) is 1. The third-order valence-corrected chi connectivity index (χ3v) is 8.96. The van der Waals surface area contributed by atoms with Crippen LogP contribution in [0.5, 0.6) is 0 Å². The minimum absolute atomic E-state index is 0.0393. The molecule has 0 N–H and O–H groups in total. The maximum atomic E-state index is 13.9. The number of hydrogen-bond donors (Lipinski definition) is 0. The quantitative estimate of drug-likeness (QED) is 0.346. The van der Waals surface area contributed by atoms with Crippen molar-refractivity contribution in [2.45, 2.75) is 91.6 Å². The Balaban J connectivity index is 2.08. The van der Waals surface area contributed by atoms with Gasteiger partial charge in [-0.3, -0.25) is 4.79 Å². The summed E-state index contributed by atoms with van der Waals surface area (Å²) in [5, 5.41) is -1.10. The first-order chi connectivity index (χ1) is 14.8. The van der Waals surface area contributed by atoms with Gasteiger partial charge >= 0.3 is 13.3 Å². The van der Waals surface area contributed by atoms with Crippen LogP contribution in [0.3, 0.4) is 0 Å². The lowest BCUT2D eigenvalue weighted by Crippen LogP contribution is -2.35. The van der Waals surface area contributed by atoms with Crippen LogP contribution in [0.15, 0.2) is 24.3 Å². The van der Waals surface area contributed by atoms with Crippen molar-refractivity contribution in [2.75, 3.05) is 0 Å². The molecule has 0 bridgehead atoms. The van der Waals surface area contributed by atoms with Crippen LogP contribution < -0.4 is 0 Å². The number of benzene rings is 2. The van der Waals surface area contributed by atoms with Gasteiger partial charge in [-0.25, -0.2) is 4.79 Å². The standard InChI is InChI=1S/C28H36O3P/c1-17-13-18(2)23(19(3)14-17)25(29)28(11-9-10-12-28)32(31)26(30)24-20(4)15-22(16-21(24)5)27(6,7)8/h13-16H,9-12H2,1-8H3/q+1. The molecule has 0 radical (unpaired) electrons. The topological polar surface area (TPSA) is 51.2 Å². The first-order valence-electron chi connectivity index (χ1n) is 11.6. The number of rotatable bonds is 5. The van der Waals surface area contributed by atoms with Crippen molar-refractivity contribution in [3.63, 3.8) is 0 Å². The average Bonchev–Trinajstić information content (AvgIpc) is 3.16. The minimum atomic E-state index is -2.41. The van der Waals surface area contributed by atoms with Gasteiger partial charge in [0.05, 0.1) is 5.56 Å². The fourth-order valence-corrected chi connectivity index (χ4v) is 7.25. The van der Waals surface area contributed by atoms with Crippen molar-refractivity contribution >= 4 is 19.1 Å². The Hall–Kier alpha value is -2.12. The zero-order chi connectivity index (χ0) is 24.0. The zero-order valence-electron chi connectivity index (χ0n) is 20.8. The molecule has 3 nitrogen and oxygen atoms in total. The lowest BCUT2D eigenvalue weighted by molar-refractivity contribution is 0.0930. The van der Waals surface area contributed by atoms with E-state index in [0.717, 1.165) is 46.2 Å². The van der Waals surface area contributed by atoms with Crippen LogP contribution in [0.25, 0.3) is 0 Å². The first-order valence-corrected chi connectivity index (χ1v) is 12.8. The van der Waals surface area contributed by atoms with Crippen LogP contribution in [-0.2, 0) is 9.98 Å². The van der Waals surface area contributed by atoms with E-state index in [-0.39, 0.29) is 16.7 Å². The molecule has 170 valence electrons. The highest BCUT2D eigenvalue weighted by molar-refractivity contribution is 7.67. The van der Waals surface area contributed by atoms with Gasteiger partial charge in [-0.05, 0) is 80.7 Å². The molecule has 1 aliphatic carbocycles. The molecule has 0 saturated heterocycles. The highest BCUT2D eigenvalue weighted by atomic mass is 31.1. The van der Waals surface area contributed by atoms with Crippen molar-refractivity contribution in [2.24, 2.45) is 0 Å². The van der Waals surface area contributed by atoms with Crippen molar-refractivity contribution in [3.05, 3.63) is 68.8 Å². The second kappa shape index (κ2) is 8.67. The van der Waals surface area contributed by atoms with E-state index in [1.165, 1.54) is 0 Å². The fraction of sp³-hybridized carbons (Fsp3) is 0.500. The Morgan fingerprint density at radius 1 is 0.781 bits per heavy atom. The summed E-state index contributed by atoms with van der Waals surface area (Å²) in [7, 11) is -2.41. The molecule has 32 heavy (non-hydrogen) atoms. The molecule has 0 spiro atoms. The Morgan fingerprint density at radius 2 is 1.22 bits per heavy atom. The van der Waals surface area contributed by atoms with Gasteiger partial charge in [0.15, 0.2) is 0 Å². The van der Waals surface area contributed by atoms with Gasteiger partial charge in [0.25, 0.3) is 0 Å². The molecule has 3 rings (SSSR count). The maximum absolute atomic E-state index is 13.9. The predicted octanol–water partition coefficient (Wildman–Crippen LogP) is 7.69. The fourth-order valence-electron chi connectivity index (χ4n) is 5.28. The summed E-state index contributed by atoms with van der Waals surface area (Å²) in [6.07, 6.45) is 2.67. The van der Waals surface area contributed by atoms with E-state index in [9.17, 15) is 14.2 Å². The molecule has 4 heteroatoms. The Labute approximate surface area is 193 Å². The van der Waals surface area contributed by atoms with Gasteiger partial charge in [-0.15, -0.1) is 0 Å². The number of carbonyl (C=O) groups is 2. The van der Waals surface area contributed by atoms with E-state index in [1.54, 1.807) is 0 Å². The third-order valence-electron chi connectivity index (χ3n) is 6.94. The summed E-state index contributed by atoms with van der Waals surface area (Å²) < 4.78 is 13.9. The third kappa shape index (κ3) is 4.25. The van der Waals surface area contributed by atoms with E-state index in [1.807, 2.05) is 58.9 Å². The van der Waals surface area contributed by atoms with Crippen LogP contribution >= 0.6 is 7.80 Å². The molecule has 1 unspecified atom stereocenters. The molecular formula is C28H36O3P+. The summed E-state index contributed by atoms with van der Waals surface area (Å²) in [6, 6.07) is 8.05. The highest BCUT2D eigenvalue weighted by Gasteiger charge is 2.61. The largest absolute Gasteiger partial charge is 0.434 e. The Morgan fingerprint density at radius 3 is 1.66 bits per heavy atom. The maximum Gasteiger partial charge on any atom is 0.434 e. The monoisotopic (exact) mass is 451 g/mol. The Bertz CT molecular complexity index is 1070. The first kappa shape index (κ1) is 24.5. The zero-order valence-corrected chi connectivity index (χ0v) is 21.7. The van der Waals surface area contributed by atoms with Crippen LogP contribution in [0.4, 0.5) is 0 Å². The summed E-state index contributed by atoms with van der Waals surface area (Å²) in [5.41, 5.74) is 6.49.